The summed E-state index contributed by atoms with van der Waals surface area (Å²) in [5.41, 5.74) is 0. The van der Waals surface area contributed by atoms with E-state index < -0.39 is 0 Å². The molecule has 28 heavy (non-hydrogen) atoms. The van der Waals surface area contributed by atoms with Crippen LogP contribution in [-0.4, -0.2) is 14.2 Å². The fourth-order valence-corrected chi connectivity index (χ4v) is 2.75. The molecule has 2 heteroatoms. The molecule has 0 atom stereocenters. The van der Waals surface area contributed by atoms with E-state index in [1.165, 1.54) is 28.0 Å². The van der Waals surface area contributed by atoms with Gasteiger partial charge in [-0.2, -0.15) is 0 Å². The summed E-state index contributed by atoms with van der Waals surface area (Å²) in [6.45, 7) is 4.25. The van der Waals surface area contributed by atoms with Crippen LogP contribution < -0.4 is 9.47 Å². The van der Waals surface area contributed by atoms with Gasteiger partial charge in [0.2, 0.25) is 0 Å². The fourth-order valence-electron chi connectivity index (χ4n) is 2.75. The number of hydrogen-bond acceptors (Lipinski definition) is 2. The average molecular weight is 377 g/mol. The Morgan fingerprint density at radius 2 is 0.857 bits per heavy atom. The van der Waals surface area contributed by atoms with E-state index in [-0.39, 0.29) is 7.43 Å². The van der Waals surface area contributed by atoms with Crippen molar-refractivity contribution in [1.82, 2.24) is 0 Å². The Kier molecular flexibility index (Phi) is 10.2. The lowest BCUT2D eigenvalue weighted by Crippen LogP contribution is -1.83. The first kappa shape index (κ1) is 23.0. The van der Waals surface area contributed by atoms with Gasteiger partial charge in [-0.1, -0.05) is 100 Å². The highest BCUT2D eigenvalue weighted by atomic mass is 16.5. The van der Waals surface area contributed by atoms with Crippen LogP contribution in [0.2, 0.25) is 0 Å². The SMILES string of the molecule is C.CCC.COc1cccc2ccccc12.COc1cccc2ccccc12. The highest BCUT2D eigenvalue weighted by Crippen LogP contribution is 2.25. The van der Waals surface area contributed by atoms with Gasteiger partial charge in [0.25, 0.3) is 0 Å². The van der Waals surface area contributed by atoms with Crippen molar-refractivity contribution in [2.24, 2.45) is 0 Å². The van der Waals surface area contributed by atoms with Gasteiger partial charge in [0.1, 0.15) is 11.5 Å². The van der Waals surface area contributed by atoms with Crippen LogP contribution in [0.4, 0.5) is 0 Å². The van der Waals surface area contributed by atoms with E-state index in [9.17, 15) is 0 Å². The normalized spacial score (nSPS) is 9.29. The molecule has 0 N–H and O–H groups in total. The quantitative estimate of drug-likeness (QED) is 0.356. The third-order valence-electron chi connectivity index (χ3n) is 3.94. The van der Waals surface area contributed by atoms with Gasteiger partial charge in [0, 0.05) is 10.8 Å². The summed E-state index contributed by atoms with van der Waals surface area (Å²) < 4.78 is 10.5. The van der Waals surface area contributed by atoms with Gasteiger partial charge in [0.15, 0.2) is 0 Å². The van der Waals surface area contributed by atoms with E-state index in [0.29, 0.717) is 0 Å². The predicted molar refractivity (Wildman–Crippen MR) is 124 cm³/mol. The second-order valence-electron chi connectivity index (χ2n) is 6.07. The molecule has 4 aromatic carbocycles. The number of fused-ring (bicyclic) bond motifs is 2. The minimum atomic E-state index is 0. The minimum Gasteiger partial charge on any atom is -0.496 e. The van der Waals surface area contributed by atoms with Crippen molar-refractivity contribution in [2.75, 3.05) is 14.2 Å². The molecule has 0 unspecified atom stereocenters. The standard InChI is InChI=1S/2C11H10O.C3H8.CH4/c2*1-12-11-8-4-6-9-5-2-3-7-10(9)11;1-3-2;/h2*2-8H,1H3;3H2,1-2H3;1H4. The topological polar surface area (TPSA) is 18.5 Å². The van der Waals surface area contributed by atoms with Gasteiger partial charge in [-0.15, -0.1) is 0 Å². The Morgan fingerprint density at radius 1 is 0.536 bits per heavy atom. The lowest BCUT2D eigenvalue weighted by molar-refractivity contribution is 0.419. The third kappa shape index (κ3) is 6.02. The highest BCUT2D eigenvalue weighted by Gasteiger charge is 1.98. The number of benzene rings is 4. The molecule has 0 saturated carbocycles. The first-order valence-corrected chi connectivity index (χ1v) is 9.28. The number of rotatable bonds is 2. The summed E-state index contributed by atoms with van der Waals surface area (Å²) in [7, 11) is 3.39. The molecular weight excluding hydrogens is 344 g/mol. The van der Waals surface area contributed by atoms with E-state index in [4.69, 9.17) is 9.47 Å². The minimum absolute atomic E-state index is 0. The van der Waals surface area contributed by atoms with Crippen LogP contribution in [0, 0.1) is 0 Å². The third-order valence-corrected chi connectivity index (χ3v) is 3.94. The van der Waals surface area contributed by atoms with E-state index in [0.717, 1.165) is 11.5 Å². The largest absolute Gasteiger partial charge is 0.496 e. The van der Waals surface area contributed by atoms with Crippen molar-refractivity contribution >= 4 is 21.5 Å². The summed E-state index contributed by atoms with van der Waals surface area (Å²) in [5, 5.41) is 4.78. The zero-order chi connectivity index (χ0) is 19.5. The summed E-state index contributed by atoms with van der Waals surface area (Å²) in [6.07, 6.45) is 1.25. The van der Waals surface area contributed by atoms with Crippen LogP contribution >= 0.6 is 0 Å². The van der Waals surface area contributed by atoms with Gasteiger partial charge in [0.05, 0.1) is 14.2 Å². The molecule has 0 aromatic heterocycles. The van der Waals surface area contributed by atoms with Crippen LogP contribution in [0.15, 0.2) is 84.9 Å². The average Bonchev–Trinajstić information content (AvgIpc) is 2.74. The summed E-state index contributed by atoms with van der Waals surface area (Å²) >= 11 is 0. The maximum absolute atomic E-state index is 5.23. The second-order valence-corrected chi connectivity index (χ2v) is 6.07. The van der Waals surface area contributed by atoms with Gasteiger partial charge in [-0.25, -0.2) is 0 Å². The maximum atomic E-state index is 5.23. The summed E-state index contributed by atoms with van der Waals surface area (Å²) in [5.74, 6) is 1.88. The molecule has 4 aromatic rings. The van der Waals surface area contributed by atoms with Gasteiger partial charge < -0.3 is 9.47 Å². The second kappa shape index (κ2) is 12.4. The Labute approximate surface area is 169 Å². The number of hydrogen-bond donors (Lipinski definition) is 0. The van der Waals surface area contributed by atoms with Crippen LogP contribution in [0.3, 0.4) is 0 Å². The van der Waals surface area contributed by atoms with Gasteiger partial charge >= 0.3 is 0 Å². The molecule has 0 aliphatic rings. The Morgan fingerprint density at radius 3 is 1.21 bits per heavy atom. The van der Waals surface area contributed by atoms with Crippen LogP contribution in [0.5, 0.6) is 11.5 Å². The van der Waals surface area contributed by atoms with E-state index in [2.05, 4.69) is 50.2 Å². The Balaban J connectivity index is 0.000000239. The lowest BCUT2D eigenvalue weighted by atomic mass is 10.1. The maximum Gasteiger partial charge on any atom is 0.126 e. The van der Waals surface area contributed by atoms with Crippen LogP contribution in [0.25, 0.3) is 21.5 Å². The molecule has 4 rings (SSSR count). The van der Waals surface area contributed by atoms with Crippen molar-refractivity contribution < 1.29 is 9.47 Å². The van der Waals surface area contributed by atoms with Crippen LogP contribution in [-0.2, 0) is 0 Å². The Hall–Kier alpha value is -3.00. The van der Waals surface area contributed by atoms with E-state index in [1.54, 1.807) is 14.2 Å². The molecule has 0 aliphatic heterocycles. The molecule has 0 heterocycles. The van der Waals surface area contributed by atoms with Crippen molar-refractivity contribution in [3.63, 3.8) is 0 Å². The molecule has 0 radical (unpaired) electrons. The van der Waals surface area contributed by atoms with Gasteiger partial charge in [-0.3, -0.25) is 0 Å². The zero-order valence-electron chi connectivity index (χ0n) is 16.6. The zero-order valence-corrected chi connectivity index (χ0v) is 16.6. The molecule has 0 aliphatic carbocycles. The van der Waals surface area contributed by atoms with Crippen molar-refractivity contribution in [1.29, 1.82) is 0 Å². The Bertz CT molecular complexity index is 870. The van der Waals surface area contributed by atoms with Gasteiger partial charge in [-0.05, 0) is 22.9 Å². The molecular formula is C26H32O2. The lowest BCUT2D eigenvalue weighted by Gasteiger charge is -2.03. The smallest absolute Gasteiger partial charge is 0.126 e. The molecule has 0 spiro atoms. The first-order chi connectivity index (χ1) is 13.2. The highest BCUT2D eigenvalue weighted by molar-refractivity contribution is 5.88. The fraction of sp³-hybridized carbons (Fsp3) is 0.231. The molecule has 0 saturated heterocycles. The van der Waals surface area contributed by atoms with Crippen molar-refractivity contribution in [2.45, 2.75) is 27.7 Å². The predicted octanol–water partition coefficient (Wildman–Crippen LogP) is 7.75. The molecule has 0 amide bonds. The summed E-state index contributed by atoms with van der Waals surface area (Å²) in [4.78, 5) is 0. The first-order valence-electron chi connectivity index (χ1n) is 9.28. The summed E-state index contributed by atoms with van der Waals surface area (Å²) in [6, 6.07) is 28.5. The molecule has 0 fully saturated rings. The van der Waals surface area contributed by atoms with Crippen molar-refractivity contribution in [3.05, 3.63) is 84.9 Å². The van der Waals surface area contributed by atoms with E-state index in [1.807, 2.05) is 48.5 Å². The van der Waals surface area contributed by atoms with Crippen molar-refractivity contribution in [3.8, 4) is 11.5 Å². The number of methoxy groups -OCH3 is 2. The monoisotopic (exact) mass is 376 g/mol. The number of ether oxygens (including phenoxy) is 2. The molecule has 0 bridgehead atoms. The molecule has 148 valence electrons. The molecule has 2 nitrogen and oxygen atoms in total. The van der Waals surface area contributed by atoms with Crippen LogP contribution in [0.1, 0.15) is 27.7 Å². The van der Waals surface area contributed by atoms with E-state index >= 15 is 0 Å².